The minimum Gasteiger partial charge on any atom is -0.309 e. The van der Waals surface area contributed by atoms with E-state index in [-0.39, 0.29) is 11.8 Å². The summed E-state index contributed by atoms with van der Waals surface area (Å²) >= 11 is 0. The number of hydrogen-bond acceptors (Lipinski definition) is 1. The average Bonchev–Trinajstić information content (AvgIpc) is 3.60. The summed E-state index contributed by atoms with van der Waals surface area (Å²) in [5.74, 6) is 0.128. The van der Waals surface area contributed by atoms with Gasteiger partial charge in [-0.25, -0.2) is 0 Å². The van der Waals surface area contributed by atoms with Crippen LogP contribution >= 0.6 is 7.14 Å². The molecule has 0 amide bonds. The van der Waals surface area contributed by atoms with Crippen LogP contribution in [0.25, 0.3) is 77.9 Å². The van der Waals surface area contributed by atoms with Crippen molar-refractivity contribution in [1.29, 1.82) is 0 Å². The summed E-state index contributed by atoms with van der Waals surface area (Å²) in [6.45, 7) is 4.61. The molecule has 2 heteroatoms. The molecule has 0 heterocycles. The highest BCUT2D eigenvalue weighted by molar-refractivity contribution is 7.85. The van der Waals surface area contributed by atoms with Crippen LogP contribution in [0, 0.1) is 18.8 Å². The fourth-order valence-electron chi connectivity index (χ4n) is 12.9. The van der Waals surface area contributed by atoms with Crippen LogP contribution < -0.4 is 26.4 Å². The molecule has 0 fully saturated rings. The third-order valence-corrected chi connectivity index (χ3v) is 19.5. The Kier molecular flexibility index (Phi) is 12.1. The lowest BCUT2D eigenvalue weighted by atomic mass is 9.56. The first kappa shape index (κ1) is 47.1. The van der Waals surface area contributed by atoms with Gasteiger partial charge in [0.1, 0.15) is 0 Å². The Balaban J connectivity index is 1.07. The van der Waals surface area contributed by atoms with Gasteiger partial charge in [0.05, 0.1) is 5.41 Å². The second-order valence-electron chi connectivity index (χ2n) is 20.6. The van der Waals surface area contributed by atoms with E-state index in [1.165, 1.54) is 87.3 Å². The molecule has 0 saturated carbocycles. The minimum atomic E-state index is -3.12. The molecule has 364 valence electrons. The van der Waals surface area contributed by atoms with Crippen LogP contribution in [0.2, 0.25) is 0 Å². The normalized spacial score (nSPS) is 14.5. The summed E-state index contributed by atoms with van der Waals surface area (Å²) in [7, 11) is -3.12. The van der Waals surface area contributed by atoms with Crippen LogP contribution in [0.5, 0.6) is 0 Å². The molecule has 13 rings (SSSR count). The molecular formula is C74H57OP. The van der Waals surface area contributed by atoms with Crippen molar-refractivity contribution in [3.05, 3.63) is 306 Å². The molecule has 1 aliphatic carbocycles. The van der Waals surface area contributed by atoms with E-state index in [1.807, 2.05) is 60.7 Å². The topological polar surface area (TPSA) is 17.1 Å². The average molecular weight is 993 g/mol. The highest BCUT2D eigenvalue weighted by atomic mass is 31.2. The fraction of sp³-hybridized carbons (Fsp3) is 0.0811. The van der Waals surface area contributed by atoms with Gasteiger partial charge in [0.25, 0.3) is 0 Å². The van der Waals surface area contributed by atoms with Crippen molar-refractivity contribution in [1.82, 2.24) is 0 Å². The zero-order valence-corrected chi connectivity index (χ0v) is 43.7. The molecule has 0 bridgehead atoms. The van der Waals surface area contributed by atoms with Crippen molar-refractivity contribution in [2.24, 2.45) is 11.8 Å². The van der Waals surface area contributed by atoms with Crippen molar-refractivity contribution in [3.63, 3.8) is 0 Å². The van der Waals surface area contributed by atoms with E-state index in [1.54, 1.807) is 0 Å². The number of fused-ring (bicyclic) bond motifs is 4. The van der Waals surface area contributed by atoms with Gasteiger partial charge < -0.3 is 4.57 Å². The summed E-state index contributed by atoms with van der Waals surface area (Å²) < 4.78 is 15.3. The Hall–Kier alpha value is -8.61. The zero-order valence-electron chi connectivity index (χ0n) is 42.9. The molecule has 0 N–H and O–H groups in total. The fourth-order valence-corrected chi connectivity index (χ4v) is 15.5. The smallest absolute Gasteiger partial charge is 0.171 e. The van der Waals surface area contributed by atoms with Gasteiger partial charge >= 0.3 is 0 Å². The molecule has 2 unspecified atom stereocenters. The van der Waals surface area contributed by atoms with E-state index < -0.39 is 12.6 Å². The van der Waals surface area contributed by atoms with Gasteiger partial charge in [-0.05, 0) is 112 Å². The number of hydrogen-bond donors (Lipinski definition) is 0. The lowest BCUT2D eigenvalue weighted by Crippen LogP contribution is -2.46. The summed E-state index contributed by atoms with van der Waals surface area (Å²) in [6, 6.07) is 98.7. The van der Waals surface area contributed by atoms with Gasteiger partial charge in [-0.15, -0.1) is 0 Å². The van der Waals surface area contributed by atoms with Crippen LogP contribution in [0.1, 0.15) is 35.6 Å². The largest absolute Gasteiger partial charge is 0.309 e. The van der Waals surface area contributed by atoms with E-state index >= 15 is 4.57 Å². The third kappa shape index (κ3) is 7.80. The summed E-state index contributed by atoms with van der Waals surface area (Å²) in [4.78, 5) is 0. The van der Waals surface area contributed by atoms with Crippen LogP contribution in [0.3, 0.4) is 0 Å². The van der Waals surface area contributed by atoms with E-state index in [0.717, 1.165) is 33.5 Å². The van der Waals surface area contributed by atoms with Crippen molar-refractivity contribution < 1.29 is 4.57 Å². The van der Waals surface area contributed by atoms with E-state index in [4.69, 9.17) is 0 Å². The number of benzene rings is 12. The van der Waals surface area contributed by atoms with Crippen LogP contribution in [-0.4, -0.2) is 0 Å². The first-order valence-electron chi connectivity index (χ1n) is 26.8. The molecule has 2 atom stereocenters. The number of rotatable bonds is 11. The van der Waals surface area contributed by atoms with Gasteiger partial charge in [-0.1, -0.05) is 298 Å². The van der Waals surface area contributed by atoms with Gasteiger partial charge in [-0.3, -0.25) is 0 Å². The predicted octanol–water partition coefficient (Wildman–Crippen LogP) is 16.3. The lowest BCUT2D eigenvalue weighted by molar-refractivity contribution is 0.376. The second-order valence-corrected chi connectivity index (χ2v) is 23.3. The summed E-state index contributed by atoms with van der Waals surface area (Å²) in [5.41, 5.74) is 11.6. The minimum absolute atomic E-state index is 0.0120. The molecule has 0 spiro atoms. The summed E-state index contributed by atoms with van der Waals surface area (Å²) in [5, 5.41) is 12.6. The Morgan fingerprint density at radius 1 is 0.382 bits per heavy atom. The van der Waals surface area contributed by atoms with Crippen molar-refractivity contribution in [2.75, 3.05) is 0 Å². The maximum absolute atomic E-state index is 15.3. The van der Waals surface area contributed by atoms with Crippen LogP contribution in [0.15, 0.2) is 273 Å². The summed E-state index contributed by atoms with van der Waals surface area (Å²) in [6.07, 6.45) is 6.32. The Morgan fingerprint density at radius 3 is 1.33 bits per heavy atom. The molecule has 0 saturated heterocycles. The molecule has 76 heavy (non-hydrogen) atoms. The van der Waals surface area contributed by atoms with E-state index in [9.17, 15) is 0 Å². The Morgan fingerprint density at radius 2 is 0.803 bits per heavy atom. The maximum atomic E-state index is 15.3. The van der Waals surface area contributed by atoms with Gasteiger partial charge in [0.15, 0.2) is 7.14 Å². The maximum Gasteiger partial charge on any atom is 0.171 e. The lowest BCUT2D eigenvalue weighted by Gasteiger charge is -2.45. The standard InChI is InChI=1S/C74H57OP/c1-3-52-49-69-70(72(65-36-20-24-55-22-16-18-34-63(55)65)67-47-38-51(2)48-68(67)73(69)66-37-21-25-56-23-17-19-35-64(56)66)50-71(52)74(57-26-8-4-9-27-57,58-28-10-5-11-29-58)59-43-39-53(40-44-59)54-41-45-62(46-42-54)76(75,60-30-12-6-13-31-60)61-32-14-7-15-33-61/h4-50,52,71H,3H2,1-2H3. The van der Waals surface area contributed by atoms with Crippen LogP contribution in [0.4, 0.5) is 0 Å². The second kappa shape index (κ2) is 19.6. The molecule has 0 aliphatic heterocycles. The molecule has 12 aromatic rings. The molecule has 1 nitrogen and oxygen atoms in total. The van der Waals surface area contributed by atoms with Crippen LogP contribution in [-0.2, 0) is 9.98 Å². The number of aryl methyl sites for hydroxylation is 1. The third-order valence-electron chi connectivity index (χ3n) is 16.4. The Bertz CT molecular complexity index is 4190. The van der Waals surface area contributed by atoms with Crippen molar-refractivity contribution in [2.45, 2.75) is 25.7 Å². The first-order chi connectivity index (χ1) is 37.4. The van der Waals surface area contributed by atoms with Crippen molar-refractivity contribution >= 4 is 67.5 Å². The van der Waals surface area contributed by atoms with Crippen molar-refractivity contribution in [3.8, 4) is 33.4 Å². The van der Waals surface area contributed by atoms with E-state index in [2.05, 4.69) is 238 Å². The molecule has 1 aliphatic rings. The molecule has 12 aromatic carbocycles. The SMILES string of the molecule is CCC1C=c2c(-c3cccc4ccccc34)c3cc(C)ccc3c(-c3cccc4ccccc34)c2=CC1C(c1ccccc1)(c1ccccc1)c1ccc(-c2ccc(P(=O)(c3ccccc3)c3ccccc3)cc2)cc1. The van der Waals surface area contributed by atoms with Gasteiger partial charge in [0.2, 0.25) is 0 Å². The first-order valence-corrected chi connectivity index (χ1v) is 28.5. The monoisotopic (exact) mass is 992 g/mol. The van der Waals surface area contributed by atoms with E-state index in [0.29, 0.717) is 0 Å². The highest BCUT2D eigenvalue weighted by Crippen LogP contribution is 2.52. The highest BCUT2D eigenvalue weighted by Gasteiger charge is 2.46. The quantitative estimate of drug-likeness (QED) is 0.0932. The Labute approximate surface area is 446 Å². The molecule has 0 radical (unpaired) electrons. The molecule has 0 aromatic heterocycles. The van der Waals surface area contributed by atoms with Gasteiger partial charge in [-0.2, -0.15) is 0 Å². The van der Waals surface area contributed by atoms with Gasteiger partial charge in [0, 0.05) is 21.8 Å². The zero-order chi connectivity index (χ0) is 51.2. The predicted molar refractivity (Wildman–Crippen MR) is 324 cm³/mol. The molecular weight excluding hydrogens is 936 g/mol.